The van der Waals surface area contributed by atoms with Crippen LogP contribution in [0, 0.1) is 5.82 Å². The maximum absolute atomic E-state index is 14.1. The summed E-state index contributed by atoms with van der Waals surface area (Å²) < 4.78 is 66.9. The molecule has 0 radical (unpaired) electrons. The highest BCUT2D eigenvalue weighted by molar-refractivity contribution is 5.85. The molecule has 4 rings (SSSR count). The number of methoxy groups -OCH3 is 1. The summed E-state index contributed by atoms with van der Waals surface area (Å²) in [6.07, 6.45) is -3.69. The predicted octanol–water partition coefficient (Wildman–Crippen LogP) is 4.34. The van der Waals surface area contributed by atoms with Gasteiger partial charge in [0.2, 0.25) is 5.91 Å². The predicted molar refractivity (Wildman–Crippen MR) is 131 cm³/mol. The second kappa shape index (κ2) is 11.6. The number of halogens is 4. The number of rotatable bonds is 8. The number of nitrogens with one attached hydrogen (secondary N) is 2. The molecule has 2 fully saturated rings. The molecule has 2 aromatic rings. The highest BCUT2D eigenvalue weighted by Crippen LogP contribution is 2.43. The summed E-state index contributed by atoms with van der Waals surface area (Å²) in [6, 6.07) is 10.9. The molecule has 1 spiro atoms. The Morgan fingerprint density at radius 3 is 2.50 bits per heavy atom. The average Bonchev–Trinajstić information content (AvgIpc) is 2.87. The quantitative estimate of drug-likeness (QED) is 0.388. The summed E-state index contributed by atoms with van der Waals surface area (Å²) in [5.74, 6) is -3.78. The van der Waals surface area contributed by atoms with Gasteiger partial charge in [0.25, 0.3) is 0 Å². The van der Waals surface area contributed by atoms with Crippen molar-refractivity contribution < 1.29 is 36.6 Å². The van der Waals surface area contributed by atoms with Crippen molar-refractivity contribution in [3.05, 3.63) is 65.5 Å². The molecule has 206 valence electrons. The van der Waals surface area contributed by atoms with Crippen molar-refractivity contribution in [2.45, 2.75) is 42.8 Å². The zero-order chi connectivity index (χ0) is 27.3. The number of hydrogen-bond acceptors (Lipinski definition) is 4. The normalized spacial score (nSPS) is 20.0. The lowest BCUT2D eigenvalue weighted by atomic mass is 9.71. The summed E-state index contributed by atoms with van der Waals surface area (Å²) in [5, 5.41) is 5.73. The highest BCUT2D eigenvalue weighted by atomic mass is 19.4. The molecular weight excluding hydrogens is 506 g/mol. The Morgan fingerprint density at radius 1 is 1.13 bits per heavy atom. The minimum absolute atomic E-state index is 0.0280. The van der Waals surface area contributed by atoms with Crippen LogP contribution in [0.3, 0.4) is 0 Å². The molecular formula is C27H31F4N3O4. The van der Waals surface area contributed by atoms with Crippen molar-refractivity contribution in [3.63, 3.8) is 0 Å². The number of amides is 3. The van der Waals surface area contributed by atoms with Crippen LogP contribution in [0.4, 0.5) is 22.4 Å². The van der Waals surface area contributed by atoms with E-state index in [0.29, 0.717) is 30.9 Å². The molecule has 0 saturated carbocycles. The standard InChI is InChI=1S/C27H31F4N3O4/c1-37-14-5-15-38-22-16-19(28)8-9-20(22)21-17-32-25(36)33-26(21)10-12-34(13-11-26)24(35)23(27(29,30)31)18-6-3-2-4-7-18/h2-4,6-9,16,21,23H,5,10-15,17H2,1H3,(H2,32,33,36). The van der Waals surface area contributed by atoms with Crippen molar-refractivity contribution in [3.8, 4) is 5.75 Å². The highest BCUT2D eigenvalue weighted by Gasteiger charge is 2.51. The van der Waals surface area contributed by atoms with Crippen molar-refractivity contribution >= 4 is 11.9 Å². The number of carbonyl (C=O) groups excluding carboxylic acids is 2. The molecule has 0 aromatic heterocycles. The maximum atomic E-state index is 14.1. The van der Waals surface area contributed by atoms with Crippen LogP contribution in [-0.4, -0.2) is 68.5 Å². The van der Waals surface area contributed by atoms with Gasteiger partial charge in [-0.1, -0.05) is 36.4 Å². The number of nitrogens with zero attached hydrogens (tertiary/aromatic N) is 1. The largest absolute Gasteiger partial charge is 0.493 e. The summed E-state index contributed by atoms with van der Waals surface area (Å²) in [4.78, 5) is 26.7. The molecule has 0 aliphatic carbocycles. The fourth-order valence-corrected chi connectivity index (χ4v) is 5.36. The first-order valence-corrected chi connectivity index (χ1v) is 12.5. The van der Waals surface area contributed by atoms with E-state index in [-0.39, 0.29) is 44.0 Å². The molecule has 2 aliphatic heterocycles. The Hall–Kier alpha value is -3.34. The lowest BCUT2D eigenvalue weighted by Crippen LogP contribution is -2.66. The van der Waals surface area contributed by atoms with Gasteiger partial charge in [-0.3, -0.25) is 4.79 Å². The molecule has 11 heteroatoms. The topological polar surface area (TPSA) is 79.9 Å². The van der Waals surface area contributed by atoms with Gasteiger partial charge in [-0.15, -0.1) is 0 Å². The molecule has 2 heterocycles. The minimum atomic E-state index is -4.75. The van der Waals surface area contributed by atoms with Crippen LogP contribution < -0.4 is 15.4 Å². The molecule has 2 aliphatic rings. The van der Waals surface area contributed by atoms with Crippen molar-refractivity contribution in [2.24, 2.45) is 0 Å². The van der Waals surface area contributed by atoms with Gasteiger partial charge in [0.05, 0.1) is 12.1 Å². The van der Waals surface area contributed by atoms with Gasteiger partial charge in [0, 0.05) is 57.3 Å². The first kappa shape index (κ1) is 27.7. The van der Waals surface area contributed by atoms with Crippen LogP contribution in [0.15, 0.2) is 48.5 Å². The van der Waals surface area contributed by atoms with Gasteiger partial charge in [-0.2, -0.15) is 13.2 Å². The Bertz CT molecular complexity index is 1120. The van der Waals surface area contributed by atoms with Gasteiger partial charge >= 0.3 is 12.2 Å². The van der Waals surface area contributed by atoms with Gasteiger partial charge < -0.3 is 25.0 Å². The van der Waals surface area contributed by atoms with Crippen LogP contribution in [0.25, 0.3) is 0 Å². The molecule has 3 amide bonds. The van der Waals surface area contributed by atoms with Crippen molar-refractivity contribution in [2.75, 3.05) is 40.0 Å². The van der Waals surface area contributed by atoms with Gasteiger partial charge in [0.15, 0.2) is 5.92 Å². The first-order valence-electron chi connectivity index (χ1n) is 12.5. The van der Waals surface area contributed by atoms with E-state index < -0.39 is 35.4 Å². The Morgan fingerprint density at radius 2 is 1.84 bits per heavy atom. The fraction of sp³-hybridized carbons (Fsp3) is 0.481. The van der Waals surface area contributed by atoms with E-state index in [9.17, 15) is 27.2 Å². The number of benzene rings is 2. The third kappa shape index (κ3) is 6.03. The van der Waals surface area contributed by atoms with E-state index in [1.807, 2.05) is 0 Å². The third-order valence-corrected chi connectivity index (χ3v) is 7.27. The summed E-state index contributed by atoms with van der Waals surface area (Å²) in [5.41, 5.74) is -0.282. The van der Waals surface area contributed by atoms with E-state index in [1.165, 1.54) is 41.3 Å². The van der Waals surface area contributed by atoms with Crippen LogP contribution in [0.1, 0.15) is 42.2 Å². The minimum Gasteiger partial charge on any atom is -0.493 e. The number of alkyl halides is 3. The number of carbonyl (C=O) groups is 2. The number of likely N-dealkylation sites (tertiary alicyclic amines) is 1. The zero-order valence-electron chi connectivity index (χ0n) is 21.0. The molecule has 2 saturated heterocycles. The van der Waals surface area contributed by atoms with Crippen LogP contribution in [-0.2, 0) is 9.53 Å². The van der Waals surface area contributed by atoms with Gasteiger partial charge in [0.1, 0.15) is 11.6 Å². The SMILES string of the molecule is COCCCOc1cc(F)ccc1C1CNC(=O)NC12CCN(C(=O)C(c1ccccc1)C(F)(F)F)CC2. The van der Waals surface area contributed by atoms with E-state index >= 15 is 0 Å². The molecule has 0 bridgehead atoms. The summed E-state index contributed by atoms with van der Waals surface area (Å²) >= 11 is 0. The average molecular weight is 538 g/mol. The summed E-state index contributed by atoms with van der Waals surface area (Å²) in [7, 11) is 1.57. The maximum Gasteiger partial charge on any atom is 0.404 e. The second-order valence-electron chi connectivity index (χ2n) is 9.63. The number of piperidine rings is 1. The molecule has 2 aromatic carbocycles. The summed E-state index contributed by atoms with van der Waals surface area (Å²) in [6.45, 7) is 1.06. The van der Waals surface area contributed by atoms with E-state index in [4.69, 9.17) is 9.47 Å². The zero-order valence-corrected chi connectivity index (χ0v) is 21.0. The smallest absolute Gasteiger partial charge is 0.404 e. The van der Waals surface area contributed by atoms with Crippen molar-refractivity contribution in [1.29, 1.82) is 0 Å². The first-order chi connectivity index (χ1) is 18.1. The van der Waals surface area contributed by atoms with E-state index in [0.717, 1.165) is 0 Å². The molecule has 7 nitrogen and oxygen atoms in total. The Labute approximate surface area is 218 Å². The van der Waals surface area contributed by atoms with Gasteiger partial charge in [-0.25, -0.2) is 9.18 Å². The number of urea groups is 1. The van der Waals surface area contributed by atoms with Crippen LogP contribution in [0.5, 0.6) is 5.75 Å². The van der Waals surface area contributed by atoms with Crippen molar-refractivity contribution in [1.82, 2.24) is 15.5 Å². The van der Waals surface area contributed by atoms with E-state index in [1.54, 1.807) is 19.2 Å². The number of hydrogen-bond donors (Lipinski definition) is 2. The number of ether oxygens (including phenoxy) is 2. The monoisotopic (exact) mass is 537 g/mol. The van der Waals surface area contributed by atoms with E-state index in [2.05, 4.69) is 10.6 Å². The molecule has 2 N–H and O–H groups in total. The van der Waals surface area contributed by atoms with Crippen LogP contribution in [0.2, 0.25) is 0 Å². The third-order valence-electron chi connectivity index (χ3n) is 7.27. The lowest BCUT2D eigenvalue weighted by Gasteiger charge is -2.50. The Balaban J connectivity index is 1.56. The molecule has 2 unspecified atom stereocenters. The molecule has 38 heavy (non-hydrogen) atoms. The second-order valence-corrected chi connectivity index (χ2v) is 9.63. The molecule has 2 atom stereocenters. The lowest BCUT2D eigenvalue weighted by molar-refractivity contribution is -0.173. The van der Waals surface area contributed by atoms with Gasteiger partial charge in [-0.05, 0) is 24.5 Å². The fourth-order valence-electron chi connectivity index (χ4n) is 5.36. The Kier molecular flexibility index (Phi) is 8.44. The van der Waals surface area contributed by atoms with Crippen LogP contribution >= 0.6 is 0 Å².